The first-order valence-corrected chi connectivity index (χ1v) is 6.47. The molecule has 1 amide bonds. The van der Waals surface area contributed by atoms with Crippen LogP contribution in [0.5, 0.6) is 5.75 Å². The molecule has 1 aromatic heterocycles. The van der Waals surface area contributed by atoms with E-state index in [0.29, 0.717) is 21.5 Å². The van der Waals surface area contributed by atoms with E-state index in [1.807, 2.05) is 6.92 Å². The molecule has 3 N–H and O–H groups in total. The Morgan fingerprint density at radius 1 is 1.42 bits per heavy atom. The van der Waals surface area contributed by atoms with Gasteiger partial charge < -0.3 is 10.5 Å². The van der Waals surface area contributed by atoms with Crippen LogP contribution < -0.4 is 15.8 Å². The van der Waals surface area contributed by atoms with Crippen molar-refractivity contribution in [1.29, 1.82) is 0 Å². The van der Waals surface area contributed by atoms with Crippen LogP contribution in [0.4, 0.5) is 5.13 Å². The molecular weight excluding hydrogens is 264 g/mol. The van der Waals surface area contributed by atoms with Crippen LogP contribution in [0.25, 0.3) is 0 Å². The van der Waals surface area contributed by atoms with Gasteiger partial charge in [0.05, 0.1) is 18.7 Å². The fourth-order valence-electron chi connectivity index (χ4n) is 1.47. The van der Waals surface area contributed by atoms with Crippen molar-refractivity contribution in [2.45, 2.75) is 13.0 Å². The number of nitrogens with two attached hydrogens (primary N) is 1. The van der Waals surface area contributed by atoms with Gasteiger partial charge in [-0.15, -0.1) is 10.2 Å². The van der Waals surface area contributed by atoms with Crippen molar-refractivity contribution in [2.24, 2.45) is 5.73 Å². The van der Waals surface area contributed by atoms with Crippen LogP contribution in [0.15, 0.2) is 24.3 Å². The smallest absolute Gasteiger partial charge is 0.261 e. The van der Waals surface area contributed by atoms with E-state index in [9.17, 15) is 4.79 Å². The number of aromatic nitrogens is 2. The minimum absolute atomic E-state index is 0.200. The van der Waals surface area contributed by atoms with Crippen LogP contribution >= 0.6 is 11.3 Å². The highest BCUT2D eigenvalue weighted by molar-refractivity contribution is 7.15. The maximum Gasteiger partial charge on any atom is 0.261 e. The average molecular weight is 278 g/mol. The zero-order valence-electron chi connectivity index (χ0n) is 10.6. The fourth-order valence-corrected chi connectivity index (χ4v) is 2.16. The Labute approximate surface area is 114 Å². The maximum absolute atomic E-state index is 12.1. The van der Waals surface area contributed by atoms with Crippen molar-refractivity contribution < 1.29 is 9.53 Å². The Morgan fingerprint density at radius 2 is 2.16 bits per heavy atom. The van der Waals surface area contributed by atoms with Crippen LogP contribution in [0.2, 0.25) is 0 Å². The molecule has 0 aliphatic carbocycles. The molecule has 0 aliphatic rings. The predicted octanol–water partition coefficient (Wildman–Crippen LogP) is 1.82. The van der Waals surface area contributed by atoms with Gasteiger partial charge in [-0.05, 0) is 19.1 Å². The van der Waals surface area contributed by atoms with Gasteiger partial charge in [0.15, 0.2) is 0 Å². The highest BCUT2D eigenvalue weighted by Crippen LogP contribution is 2.22. The highest BCUT2D eigenvalue weighted by atomic mass is 32.1. The second-order valence-electron chi connectivity index (χ2n) is 3.89. The summed E-state index contributed by atoms with van der Waals surface area (Å²) in [6.07, 6.45) is 0. The van der Waals surface area contributed by atoms with Crippen LogP contribution in [-0.4, -0.2) is 23.2 Å². The lowest BCUT2D eigenvalue weighted by atomic mass is 10.2. The van der Waals surface area contributed by atoms with Gasteiger partial charge in [0.1, 0.15) is 10.8 Å². The summed E-state index contributed by atoms with van der Waals surface area (Å²) >= 11 is 1.26. The quantitative estimate of drug-likeness (QED) is 0.890. The molecule has 1 heterocycles. The van der Waals surface area contributed by atoms with E-state index in [0.717, 1.165) is 0 Å². The lowest BCUT2D eigenvalue weighted by molar-refractivity contribution is 0.102. The third kappa shape index (κ3) is 3.07. The average Bonchev–Trinajstić information content (AvgIpc) is 2.87. The van der Waals surface area contributed by atoms with E-state index >= 15 is 0 Å². The predicted molar refractivity (Wildman–Crippen MR) is 73.5 cm³/mol. The number of hydrogen-bond donors (Lipinski definition) is 2. The molecule has 7 heteroatoms. The number of anilines is 1. The second-order valence-corrected chi connectivity index (χ2v) is 4.90. The second kappa shape index (κ2) is 5.77. The zero-order valence-corrected chi connectivity index (χ0v) is 11.4. The third-order valence-corrected chi connectivity index (χ3v) is 3.44. The molecular formula is C12H14N4O2S. The number of amides is 1. The molecule has 2 rings (SSSR count). The summed E-state index contributed by atoms with van der Waals surface area (Å²) in [6.45, 7) is 1.81. The lowest BCUT2D eigenvalue weighted by Crippen LogP contribution is -2.12. The van der Waals surface area contributed by atoms with Gasteiger partial charge in [-0.3, -0.25) is 10.1 Å². The summed E-state index contributed by atoms with van der Waals surface area (Å²) < 4.78 is 5.13. The van der Waals surface area contributed by atoms with Crippen LogP contribution in [0.3, 0.4) is 0 Å². The Balaban J connectivity index is 2.16. The largest absolute Gasteiger partial charge is 0.496 e. The van der Waals surface area contributed by atoms with Crippen LogP contribution in [0, 0.1) is 0 Å². The molecule has 0 saturated carbocycles. The third-order valence-electron chi connectivity index (χ3n) is 2.40. The van der Waals surface area contributed by atoms with E-state index in [1.165, 1.54) is 18.4 Å². The van der Waals surface area contributed by atoms with E-state index in [-0.39, 0.29) is 11.9 Å². The first kappa shape index (κ1) is 13.4. The van der Waals surface area contributed by atoms with Gasteiger partial charge in [-0.25, -0.2) is 0 Å². The molecule has 100 valence electrons. The molecule has 0 aliphatic heterocycles. The molecule has 0 spiro atoms. The Hall–Kier alpha value is -1.99. The van der Waals surface area contributed by atoms with Gasteiger partial charge in [0, 0.05) is 0 Å². The summed E-state index contributed by atoms with van der Waals surface area (Å²) in [4.78, 5) is 12.1. The SMILES string of the molecule is COc1ccccc1C(=O)Nc1nnc(C(C)N)s1. The topological polar surface area (TPSA) is 90.1 Å². The molecule has 1 aromatic carbocycles. The minimum atomic E-state index is -0.287. The first-order chi connectivity index (χ1) is 9.11. The summed E-state index contributed by atoms with van der Waals surface area (Å²) in [5.41, 5.74) is 6.14. The molecule has 19 heavy (non-hydrogen) atoms. The van der Waals surface area contributed by atoms with Crippen LogP contribution in [-0.2, 0) is 0 Å². The summed E-state index contributed by atoms with van der Waals surface area (Å²) in [7, 11) is 1.52. The van der Waals surface area contributed by atoms with E-state index < -0.39 is 0 Å². The summed E-state index contributed by atoms with van der Waals surface area (Å²) in [5.74, 6) is 0.224. The number of ether oxygens (including phenoxy) is 1. The highest BCUT2D eigenvalue weighted by Gasteiger charge is 2.14. The number of rotatable bonds is 4. The van der Waals surface area contributed by atoms with Crippen LogP contribution in [0.1, 0.15) is 28.3 Å². The molecule has 1 atom stereocenters. The van der Waals surface area contributed by atoms with Crippen molar-refractivity contribution >= 4 is 22.4 Å². The van der Waals surface area contributed by atoms with Crippen molar-refractivity contribution in [3.05, 3.63) is 34.8 Å². The fraction of sp³-hybridized carbons (Fsp3) is 0.250. The number of methoxy groups -OCH3 is 1. The number of nitrogens with zero attached hydrogens (tertiary/aromatic N) is 2. The monoisotopic (exact) mass is 278 g/mol. The van der Waals surface area contributed by atoms with E-state index in [1.54, 1.807) is 24.3 Å². The van der Waals surface area contributed by atoms with Crippen molar-refractivity contribution in [1.82, 2.24) is 10.2 Å². The number of benzene rings is 1. The number of hydrogen-bond acceptors (Lipinski definition) is 6. The molecule has 0 saturated heterocycles. The number of carbonyl (C=O) groups excluding carboxylic acids is 1. The van der Waals surface area contributed by atoms with Gasteiger partial charge in [0.2, 0.25) is 5.13 Å². The van der Waals surface area contributed by atoms with Gasteiger partial charge in [0.25, 0.3) is 5.91 Å². The number of para-hydroxylation sites is 1. The Bertz CT molecular complexity index is 583. The first-order valence-electron chi connectivity index (χ1n) is 5.65. The Kier molecular flexibility index (Phi) is 4.08. The summed E-state index contributed by atoms with van der Waals surface area (Å²) in [5, 5.41) is 11.6. The molecule has 1 unspecified atom stereocenters. The summed E-state index contributed by atoms with van der Waals surface area (Å²) in [6, 6.07) is 6.78. The van der Waals surface area contributed by atoms with Crippen molar-refractivity contribution in [3.8, 4) is 5.75 Å². The Morgan fingerprint density at radius 3 is 2.79 bits per heavy atom. The van der Waals surface area contributed by atoms with Gasteiger partial charge >= 0.3 is 0 Å². The number of carbonyl (C=O) groups is 1. The normalized spacial score (nSPS) is 11.9. The standard InChI is InChI=1S/C12H14N4O2S/c1-7(13)11-15-16-12(19-11)14-10(17)8-5-3-4-6-9(8)18-2/h3-7H,13H2,1-2H3,(H,14,16,17). The lowest BCUT2D eigenvalue weighted by Gasteiger charge is -2.06. The van der Waals surface area contributed by atoms with E-state index in [4.69, 9.17) is 10.5 Å². The maximum atomic E-state index is 12.1. The molecule has 6 nitrogen and oxygen atoms in total. The minimum Gasteiger partial charge on any atom is -0.496 e. The zero-order chi connectivity index (χ0) is 13.8. The molecule has 0 radical (unpaired) electrons. The van der Waals surface area contributed by atoms with Crippen molar-refractivity contribution in [2.75, 3.05) is 12.4 Å². The van der Waals surface area contributed by atoms with Gasteiger partial charge in [-0.2, -0.15) is 0 Å². The number of nitrogens with one attached hydrogen (secondary N) is 1. The molecule has 0 fully saturated rings. The molecule has 0 bridgehead atoms. The van der Waals surface area contributed by atoms with E-state index in [2.05, 4.69) is 15.5 Å². The van der Waals surface area contributed by atoms with Crippen molar-refractivity contribution in [3.63, 3.8) is 0 Å². The van der Waals surface area contributed by atoms with Gasteiger partial charge in [-0.1, -0.05) is 23.5 Å². The molecule has 2 aromatic rings.